The maximum absolute atomic E-state index is 12.8. The molecule has 4 nitrogen and oxygen atoms in total. The summed E-state index contributed by atoms with van der Waals surface area (Å²) < 4.78 is 35.9. The van der Waals surface area contributed by atoms with Gasteiger partial charge in [0.2, 0.25) is 5.92 Å². The highest BCUT2D eigenvalue weighted by Gasteiger charge is 2.45. The number of pyridine rings is 1. The Balaban J connectivity index is 1.78. The highest BCUT2D eigenvalue weighted by molar-refractivity contribution is 6.03. The van der Waals surface area contributed by atoms with Crippen LogP contribution < -0.4 is 4.74 Å². The van der Waals surface area contributed by atoms with E-state index in [4.69, 9.17) is 9.47 Å². The van der Waals surface area contributed by atoms with E-state index in [9.17, 15) is 13.6 Å². The monoisotopic (exact) mass is 307 g/mol. The molecule has 1 fully saturated rings. The second kappa shape index (κ2) is 5.51. The van der Waals surface area contributed by atoms with Gasteiger partial charge in [-0.3, -0.25) is 4.98 Å². The minimum atomic E-state index is -2.54. The third-order valence-electron chi connectivity index (χ3n) is 3.78. The minimum absolute atomic E-state index is 0.125. The molecule has 1 aliphatic rings. The number of aromatic nitrogens is 1. The Labute approximate surface area is 126 Å². The van der Waals surface area contributed by atoms with Crippen molar-refractivity contribution in [3.63, 3.8) is 0 Å². The van der Waals surface area contributed by atoms with Gasteiger partial charge in [0.05, 0.1) is 24.8 Å². The van der Waals surface area contributed by atoms with E-state index in [1.807, 2.05) is 0 Å². The number of ether oxygens (including phenoxy) is 2. The molecule has 116 valence electrons. The van der Waals surface area contributed by atoms with E-state index in [0.29, 0.717) is 22.2 Å². The van der Waals surface area contributed by atoms with Crippen LogP contribution in [-0.2, 0) is 4.74 Å². The molecule has 1 heterocycles. The number of fused-ring (bicyclic) bond motifs is 1. The number of hydrogen-bond acceptors (Lipinski definition) is 4. The molecule has 2 aromatic rings. The number of alkyl halides is 2. The molecule has 0 radical (unpaired) electrons. The maximum Gasteiger partial charge on any atom is 0.338 e. The van der Waals surface area contributed by atoms with Crippen molar-refractivity contribution in [3.05, 3.63) is 36.0 Å². The zero-order valence-corrected chi connectivity index (χ0v) is 12.0. The molecule has 22 heavy (non-hydrogen) atoms. The lowest BCUT2D eigenvalue weighted by atomic mass is 9.82. The van der Waals surface area contributed by atoms with Crippen LogP contribution in [0.25, 0.3) is 10.9 Å². The number of nitrogens with zero attached hydrogens (tertiary/aromatic N) is 1. The Kier molecular flexibility index (Phi) is 3.68. The highest BCUT2D eigenvalue weighted by atomic mass is 19.3. The topological polar surface area (TPSA) is 48.4 Å². The molecule has 0 unspecified atom stereocenters. The quantitative estimate of drug-likeness (QED) is 0.812. The Morgan fingerprint density at radius 1 is 1.36 bits per heavy atom. The van der Waals surface area contributed by atoms with Crippen molar-refractivity contribution in [1.29, 1.82) is 0 Å². The van der Waals surface area contributed by atoms with Crippen LogP contribution in [0, 0.1) is 5.92 Å². The zero-order valence-electron chi connectivity index (χ0n) is 12.0. The number of esters is 1. The van der Waals surface area contributed by atoms with E-state index < -0.39 is 11.9 Å². The summed E-state index contributed by atoms with van der Waals surface area (Å²) in [6, 6.07) is 6.70. The first-order chi connectivity index (χ1) is 10.5. The Morgan fingerprint density at radius 2 is 2.14 bits per heavy atom. The highest BCUT2D eigenvalue weighted by Crippen LogP contribution is 2.42. The van der Waals surface area contributed by atoms with Crippen LogP contribution in [0.2, 0.25) is 0 Å². The van der Waals surface area contributed by atoms with Crippen LogP contribution in [0.15, 0.2) is 30.5 Å². The van der Waals surface area contributed by atoms with Crippen LogP contribution in [0.4, 0.5) is 8.78 Å². The van der Waals surface area contributed by atoms with E-state index in [1.54, 1.807) is 24.3 Å². The van der Waals surface area contributed by atoms with E-state index in [1.165, 1.54) is 13.3 Å². The van der Waals surface area contributed by atoms with Gasteiger partial charge in [-0.1, -0.05) is 0 Å². The normalized spacial score (nSPS) is 17.0. The second-order valence-corrected chi connectivity index (χ2v) is 5.47. The summed E-state index contributed by atoms with van der Waals surface area (Å²) in [7, 11) is 1.31. The van der Waals surface area contributed by atoms with Crippen LogP contribution in [-0.4, -0.2) is 30.6 Å². The summed E-state index contributed by atoms with van der Waals surface area (Å²) in [5, 5.41) is 0.616. The van der Waals surface area contributed by atoms with Gasteiger partial charge in [0.1, 0.15) is 5.75 Å². The summed E-state index contributed by atoms with van der Waals surface area (Å²) in [5.41, 5.74) is 1.04. The predicted octanol–water partition coefficient (Wildman–Crippen LogP) is 3.45. The van der Waals surface area contributed by atoms with Gasteiger partial charge in [-0.15, -0.1) is 0 Å². The molecule has 0 spiro atoms. The first kappa shape index (κ1) is 14.7. The fraction of sp³-hybridized carbons (Fsp3) is 0.375. The zero-order chi connectivity index (χ0) is 15.7. The molecule has 1 saturated carbocycles. The number of benzene rings is 1. The van der Waals surface area contributed by atoms with E-state index >= 15 is 0 Å². The molecule has 0 bridgehead atoms. The molecule has 0 amide bonds. The van der Waals surface area contributed by atoms with Crippen LogP contribution in [0.3, 0.4) is 0 Å². The average molecular weight is 307 g/mol. The molecule has 1 aromatic carbocycles. The number of methoxy groups -OCH3 is 1. The molecule has 1 aliphatic carbocycles. The van der Waals surface area contributed by atoms with Crippen LogP contribution in [0.1, 0.15) is 23.2 Å². The fourth-order valence-electron chi connectivity index (χ4n) is 2.62. The van der Waals surface area contributed by atoms with Gasteiger partial charge in [-0.25, -0.2) is 13.6 Å². The summed E-state index contributed by atoms with van der Waals surface area (Å²) >= 11 is 0. The van der Waals surface area contributed by atoms with Gasteiger partial charge < -0.3 is 9.47 Å². The Hall–Kier alpha value is -2.24. The summed E-state index contributed by atoms with van der Waals surface area (Å²) in [6.07, 6.45) is 1.27. The summed E-state index contributed by atoms with van der Waals surface area (Å²) in [6.45, 7) is 0.245. The molecule has 0 saturated heterocycles. The number of rotatable bonds is 4. The van der Waals surface area contributed by atoms with Crippen molar-refractivity contribution >= 4 is 16.9 Å². The van der Waals surface area contributed by atoms with Gasteiger partial charge in [0, 0.05) is 30.3 Å². The smallest absolute Gasteiger partial charge is 0.338 e. The van der Waals surface area contributed by atoms with Gasteiger partial charge in [0.15, 0.2) is 0 Å². The van der Waals surface area contributed by atoms with Gasteiger partial charge in [0.25, 0.3) is 0 Å². The molecule has 0 N–H and O–H groups in total. The lowest BCUT2D eigenvalue weighted by Gasteiger charge is -2.34. The third kappa shape index (κ3) is 2.86. The lowest BCUT2D eigenvalue weighted by molar-refractivity contribution is -0.119. The van der Waals surface area contributed by atoms with E-state index in [-0.39, 0.29) is 25.4 Å². The van der Waals surface area contributed by atoms with Crippen molar-refractivity contribution in [2.75, 3.05) is 13.7 Å². The first-order valence-corrected chi connectivity index (χ1v) is 6.96. The lowest BCUT2D eigenvalue weighted by Crippen LogP contribution is -2.38. The summed E-state index contributed by atoms with van der Waals surface area (Å²) in [5.74, 6) is -2.59. The largest absolute Gasteiger partial charge is 0.493 e. The minimum Gasteiger partial charge on any atom is -0.493 e. The SMILES string of the molecule is COC(=O)c1ccnc2ccc(OCC3CC(F)(F)C3)cc12. The van der Waals surface area contributed by atoms with Crippen LogP contribution >= 0.6 is 0 Å². The average Bonchev–Trinajstić information content (AvgIpc) is 2.49. The van der Waals surface area contributed by atoms with Crippen molar-refractivity contribution in [2.45, 2.75) is 18.8 Å². The Morgan fingerprint density at radius 3 is 2.82 bits per heavy atom. The molecular formula is C16H15F2NO3. The van der Waals surface area contributed by atoms with Gasteiger partial charge in [-0.05, 0) is 24.3 Å². The number of hydrogen-bond donors (Lipinski definition) is 0. The summed E-state index contributed by atoms with van der Waals surface area (Å²) in [4.78, 5) is 15.9. The van der Waals surface area contributed by atoms with Crippen molar-refractivity contribution < 1.29 is 23.0 Å². The Bertz CT molecular complexity index is 710. The number of carbonyl (C=O) groups excluding carboxylic acids is 1. The molecule has 6 heteroatoms. The predicted molar refractivity (Wildman–Crippen MR) is 76.2 cm³/mol. The second-order valence-electron chi connectivity index (χ2n) is 5.47. The van der Waals surface area contributed by atoms with Crippen molar-refractivity contribution in [3.8, 4) is 5.75 Å². The molecule has 0 aliphatic heterocycles. The van der Waals surface area contributed by atoms with Crippen molar-refractivity contribution in [2.24, 2.45) is 5.92 Å². The van der Waals surface area contributed by atoms with E-state index in [2.05, 4.69) is 4.98 Å². The molecule has 1 aromatic heterocycles. The number of carbonyl (C=O) groups is 1. The number of halogens is 2. The standard InChI is InChI=1S/C16H15F2NO3/c1-21-15(20)12-4-5-19-14-3-2-11(6-13(12)14)22-9-10-7-16(17,18)8-10/h2-6,10H,7-9H2,1H3. The van der Waals surface area contributed by atoms with E-state index in [0.717, 1.165) is 0 Å². The van der Waals surface area contributed by atoms with Gasteiger partial charge >= 0.3 is 5.97 Å². The molecular weight excluding hydrogens is 292 g/mol. The fourth-order valence-corrected chi connectivity index (χ4v) is 2.62. The molecule has 0 atom stereocenters. The van der Waals surface area contributed by atoms with Gasteiger partial charge in [-0.2, -0.15) is 0 Å². The third-order valence-corrected chi connectivity index (χ3v) is 3.78. The van der Waals surface area contributed by atoms with Crippen LogP contribution in [0.5, 0.6) is 5.75 Å². The van der Waals surface area contributed by atoms with Crippen molar-refractivity contribution in [1.82, 2.24) is 4.98 Å². The first-order valence-electron chi connectivity index (χ1n) is 6.96. The maximum atomic E-state index is 12.8. The molecule has 3 rings (SSSR count).